The molecule has 0 saturated heterocycles. The molecular weight excluding hydrogens is 268 g/mol. The highest BCUT2D eigenvalue weighted by atomic mass is 32.1. The summed E-state index contributed by atoms with van der Waals surface area (Å²) in [6.07, 6.45) is 8.78. The Bertz CT molecular complexity index is 457. The predicted octanol–water partition coefficient (Wildman–Crippen LogP) is 4.13. The molecule has 20 heavy (non-hydrogen) atoms. The Hall–Kier alpha value is -1.60. The van der Waals surface area contributed by atoms with Crippen LogP contribution in [-0.2, 0) is 4.79 Å². The van der Waals surface area contributed by atoms with E-state index in [-0.39, 0.29) is 11.5 Å². The van der Waals surface area contributed by atoms with Gasteiger partial charge in [-0.1, -0.05) is 45.1 Å². The summed E-state index contributed by atoms with van der Waals surface area (Å²) in [5, 5.41) is 13.8. The molecular formula is C16H22N2OS. The average molecular weight is 290 g/mol. The summed E-state index contributed by atoms with van der Waals surface area (Å²) in [5.74, 6) is -0.269. The molecule has 0 unspecified atom stereocenters. The van der Waals surface area contributed by atoms with Gasteiger partial charge in [-0.25, -0.2) is 0 Å². The van der Waals surface area contributed by atoms with E-state index >= 15 is 0 Å². The fourth-order valence-corrected chi connectivity index (χ4v) is 2.52. The first-order chi connectivity index (χ1) is 9.77. The van der Waals surface area contributed by atoms with Crippen LogP contribution in [0.3, 0.4) is 0 Å². The summed E-state index contributed by atoms with van der Waals surface area (Å²) in [6.45, 7) is 2.85. The Balaban J connectivity index is 2.26. The molecule has 0 aromatic carbocycles. The Labute approximate surface area is 125 Å². The molecule has 0 aliphatic heterocycles. The molecule has 0 aliphatic rings. The first-order valence-corrected chi connectivity index (χ1v) is 8.09. The van der Waals surface area contributed by atoms with Crippen LogP contribution in [0.4, 0.5) is 0 Å². The molecule has 1 amide bonds. The summed E-state index contributed by atoms with van der Waals surface area (Å²) < 4.78 is 0. The van der Waals surface area contributed by atoms with Crippen molar-refractivity contribution in [2.24, 2.45) is 0 Å². The van der Waals surface area contributed by atoms with Gasteiger partial charge in [0.2, 0.25) is 0 Å². The molecule has 0 spiro atoms. The van der Waals surface area contributed by atoms with Gasteiger partial charge in [0, 0.05) is 11.4 Å². The van der Waals surface area contributed by atoms with Crippen molar-refractivity contribution in [2.75, 3.05) is 6.54 Å². The van der Waals surface area contributed by atoms with Crippen molar-refractivity contribution in [3.63, 3.8) is 0 Å². The largest absolute Gasteiger partial charge is 0.351 e. The fourth-order valence-electron chi connectivity index (χ4n) is 1.87. The Morgan fingerprint density at radius 1 is 1.35 bits per heavy atom. The number of nitrogens with zero attached hydrogens (tertiary/aromatic N) is 1. The highest BCUT2D eigenvalue weighted by Gasteiger charge is 2.08. The van der Waals surface area contributed by atoms with E-state index in [4.69, 9.17) is 5.26 Å². The van der Waals surface area contributed by atoms with Crippen molar-refractivity contribution in [1.82, 2.24) is 5.32 Å². The number of unbranched alkanes of at least 4 members (excludes halogenated alkanes) is 5. The lowest BCUT2D eigenvalue weighted by molar-refractivity contribution is -0.117. The van der Waals surface area contributed by atoms with Gasteiger partial charge in [0.15, 0.2) is 0 Å². The van der Waals surface area contributed by atoms with Gasteiger partial charge in [-0.2, -0.15) is 5.26 Å². The van der Waals surface area contributed by atoms with Crippen LogP contribution in [0.2, 0.25) is 0 Å². The maximum Gasteiger partial charge on any atom is 0.261 e. The molecule has 0 aliphatic carbocycles. The molecule has 0 radical (unpaired) electrons. The van der Waals surface area contributed by atoms with Gasteiger partial charge >= 0.3 is 0 Å². The number of rotatable bonds is 9. The first kappa shape index (κ1) is 16.5. The molecule has 3 nitrogen and oxygen atoms in total. The number of hydrogen-bond donors (Lipinski definition) is 1. The van der Waals surface area contributed by atoms with Gasteiger partial charge < -0.3 is 5.32 Å². The third-order valence-corrected chi connectivity index (χ3v) is 3.83. The second-order valence-electron chi connectivity index (χ2n) is 4.71. The standard InChI is InChI=1S/C16H22N2OS/c1-2-3-4-5-6-7-10-18-16(19)14(13-17)12-15-9-8-11-20-15/h8-9,11-12H,2-7,10H2,1H3,(H,18,19)/b14-12+. The van der Waals surface area contributed by atoms with Crippen LogP contribution in [0.15, 0.2) is 23.1 Å². The summed E-state index contributed by atoms with van der Waals surface area (Å²) in [5.41, 5.74) is 0.179. The fraction of sp³-hybridized carbons (Fsp3) is 0.500. The van der Waals surface area contributed by atoms with Crippen molar-refractivity contribution in [1.29, 1.82) is 5.26 Å². The van der Waals surface area contributed by atoms with E-state index in [9.17, 15) is 4.79 Å². The maximum absolute atomic E-state index is 11.8. The zero-order valence-electron chi connectivity index (χ0n) is 12.0. The van der Waals surface area contributed by atoms with E-state index in [1.807, 2.05) is 23.6 Å². The summed E-state index contributed by atoms with van der Waals surface area (Å²) >= 11 is 1.52. The van der Waals surface area contributed by atoms with Crippen LogP contribution >= 0.6 is 11.3 Å². The van der Waals surface area contributed by atoms with Gasteiger partial charge in [-0.3, -0.25) is 4.79 Å². The second kappa shape index (κ2) is 10.2. The molecule has 4 heteroatoms. The third kappa shape index (κ3) is 6.53. The van der Waals surface area contributed by atoms with E-state index in [0.29, 0.717) is 6.54 Å². The maximum atomic E-state index is 11.8. The minimum absolute atomic E-state index is 0.179. The molecule has 0 bridgehead atoms. The van der Waals surface area contributed by atoms with Crippen LogP contribution < -0.4 is 5.32 Å². The molecule has 108 valence electrons. The minimum Gasteiger partial charge on any atom is -0.351 e. The predicted molar refractivity (Wildman–Crippen MR) is 84.3 cm³/mol. The SMILES string of the molecule is CCCCCCCCNC(=O)/C(C#N)=C/c1cccs1. The highest BCUT2D eigenvalue weighted by molar-refractivity contribution is 7.10. The smallest absolute Gasteiger partial charge is 0.261 e. The van der Waals surface area contributed by atoms with E-state index in [1.54, 1.807) is 6.08 Å². The van der Waals surface area contributed by atoms with Crippen molar-refractivity contribution in [3.8, 4) is 6.07 Å². The zero-order valence-corrected chi connectivity index (χ0v) is 12.8. The molecule has 1 N–H and O–H groups in total. The lowest BCUT2D eigenvalue weighted by atomic mass is 10.1. The van der Waals surface area contributed by atoms with E-state index in [1.165, 1.54) is 37.0 Å². The number of hydrogen-bond acceptors (Lipinski definition) is 3. The number of nitriles is 1. The quantitative estimate of drug-likeness (QED) is 0.422. The average Bonchev–Trinajstić information content (AvgIpc) is 2.96. The number of nitrogens with one attached hydrogen (secondary N) is 1. The number of thiophene rings is 1. The molecule has 0 fully saturated rings. The van der Waals surface area contributed by atoms with Crippen LogP contribution in [0.1, 0.15) is 50.3 Å². The van der Waals surface area contributed by atoms with E-state index in [2.05, 4.69) is 12.2 Å². The highest BCUT2D eigenvalue weighted by Crippen LogP contribution is 2.13. The number of carbonyl (C=O) groups excluding carboxylic acids is 1. The molecule has 0 saturated carbocycles. The lowest BCUT2D eigenvalue weighted by Crippen LogP contribution is -2.25. The van der Waals surface area contributed by atoms with Gasteiger partial charge in [0.05, 0.1) is 0 Å². The van der Waals surface area contributed by atoms with Gasteiger partial charge in [0.1, 0.15) is 11.6 Å². The van der Waals surface area contributed by atoms with Crippen molar-refractivity contribution in [2.45, 2.75) is 45.4 Å². The van der Waals surface area contributed by atoms with E-state index < -0.39 is 0 Å². The first-order valence-electron chi connectivity index (χ1n) is 7.21. The van der Waals surface area contributed by atoms with E-state index in [0.717, 1.165) is 17.7 Å². The Kier molecular flexibility index (Phi) is 8.41. The molecule has 1 rings (SSSR count). The van der Waals surface area contributed by atoms with Gasteiger partial charge in [0.25, 0.3) is 5.91 Å². The Morgan fingerprint density at radius 3 is 2.75 bits per heavy atom. The molecule has 1 heterocycles. The molecule has 0 atom stereocenters. The molecule has 1 aromatic rings. The normalized spacial score (nSPS) is 11.1. The lowest BCUT2D eigenvalue weighted by Gasteiger charge is -2.04. The third-order valence-electron chi connectivity index (χ3n) is 3.01. The van der Waals surface area contributed by atoms with Crippen LogP contribution in [0, 0.1) is 11.3 Å². The zero-order chi connectivity index (χ0) is 14.6. The second-order valence-corrected chi connectivity index (χ2v) is 5.69. The van der Waals surface area contributed by atoms with Gasteiger partial charge in [-0.05, 0) is 23.9 Å². The van der Waals surface area contributed by atoms with Crippen molar-refractivity contribution < 1.29 is 4.79 Å². The van der Waals surface area contributed by atoms with Crippen molar-refractivity contribution in [3.05, 3.63) is 28.0 Å². The summed E-state index contributed by atoms with van der Waals surface area (Å²) in [7, 11) is 0. The number of carbonyl (C=O) groups is 1. The molecule has 1 aromatic heterocycles. The van der Waals surface area contributed by atoms with Crippen LogP contribution in [0.5, 0.6) is 0 Å². The summed E-state index contributed by atoms with van der Waals surface area (Å²) in [4.78, 5) is 12.8. The Morgan fingerprint density at radius 2 is 2.10 bits per heavy atom. The minimum atomic E-state index is -0.269. The number of amides is 1. The summed E-state index contributed by atoms with van der Waals surface area (Å²) in [6, 6.07) is 5.76. The van der Waals surface area contributed by atoms with Gasteiger partial charge in [-0.15, -0.1) is 11.3 Å². The monoisotopic (exact) mass is 290 g/mol. The topological polar surface area (TPSA) is 52.9 Å². The van der Waals surface area contributed by atoms with Crippen molar-refractivity contribution >= 4 is 23.3 Å². The van der Waals surface area contributed by atoms with Crippen LogP contribution in [-0.4, -0.2) is 12.5 Å². The van der Waals surface area contributed by atoms with Crippen LogP contribution in [0.25, 0.3) is 6.08 Å².